The van der Waals surface area contributed by atoms with Crippen LogP contribution in [0.1, 0.15) is 68.2 Å². The predicted molar refractivity (Wildman–Crippen MR) is 101 cm³/mol. The van der Waals surface area contributed by atoms with Gasteiger partial charge in [0.25, 0.3) is 0 Å². The van der Waals surface area contributed by atoms with E-state index in [1.165, 1.54) is 4.90 Å². The lowest BCUT2D eigenvalue weighted by molar-refractivity contribution is -0.150. The largest absolute Gasteiger partial charge is 0.465 e. The number of hydrogen-bond acceptors (Lipinski definition) is 5. The summed E-state index contributed by atoms with van der Waals surface area (Å²) in [5.74, 6) is -0.772. The minimum Gasteiger partial charge on any atom is -0.465 e. The molecule has 152 valence electrons. The summed E-state index contributed by atoms with van der Waals surface area (Å²) in [6.45, 7) is 15.1. The zero-order valence-electron chi connectivity index (χ0n) is 17.6. The molecule has 0 aromatic rings. The number of nitrogens with one attached hydrogen (secondary N) is 1. The van der Waals surface area contributed by atoms with E-state index in [0.717, 1.165) is 12.8 Å². The van der Waals surface area contributed by atoms with Gasteiger partial charge in [0, 0.05) is 6.54 Å². The fourth-order valence-electron chi connectivity index (χ4n) is 2.24. The Labute approximate surface area is 157 Å². The molecule has 0 aliphatic carbocycles. The Bertz CT molecular complexity index is 477. The molecule has 1 N–H and O–H groups in total. The number of nitrogens with zero attached hydrogens (tertiary/aromatic N) is 1. The van der Waals surface area contributed by atoms with Crippen LogP contribution in [-0.2, 0) is 19.1 Å². The third kappa shape index (κ3) is 9.63. The molecule has 0 spiro atoms. The average Bonchev–Trinajstić information content (AvgIpc) is 2.45. The second kappa shape index (κ2) is 10.4. The molecule has 0 bridgehead atoms. The fourth-order valence-corrected chi connectivity index (χ4v) is 2.24. The summed E-state index contributed by atoms with van der Waals surface area (Å²) in [4.78, 5) is 38.6. The van der Waals surface area contributed by atoms with Crippen LogP contribution in [0.3, 0.4) is 0 Å². The molecule has 0 heterocycles. The van der Waals surface area contributed by atoms with Crippen LogP contribution >= 0.6 is 0 Å². The molecule has 26 heavy (non-hydrogen) atoms. The van der Waals surface area contributed by atoms with Crippen molar-refractivity contribution < 1.29 is 23.9 Å². The Hall–Kier alpha value is -1.79. The van der Waals surface area contributed by atoms with Gasteiger partial charge in [-0.2, -0.15) is 0 Å². The van der Waals surface area contributed by atoms with Gasteiger partial charge in [-0.3, -0.25) is 9.59 Å². The molecule has 0 saturated heterocycles. The summed E-state index contributed by atoms with van der Waals surface area (Å²) < 4.78 is 10.3. The van der Waals surface area contributed by atoms with E-state index in [1.54, 1.807) is 27.7 Å². The van der Waals surface area contributed by atoms with E-state index in [2.05, 4.69) is 5.32 Å². The molecule has 0 aliphatic rings. The Morgan fingerprint density at radius 2 is 1.62 bits per heavy atom. The van der Waals surface area contributed by atoms with Gasteiger partial charge in [-0.05, 0) is 39.5 Å². The van der Waals surface area contributed by atoms with Crippen molar-refractivity contribution in [3.63, 3.8) is 0 Å². The maximum Gasteiger partial charge on any atom is 0.408 e. The minimum atomic E-state index is -0.816. The quantitative estimate of drug-likeness (QED) is 0.662. The number of esters is 1. The second-order valence-electron chi connectivity index (χ2n) is 8.36. The van der Waals surface area contributed by atoms with Gasteiger partial charge in [0.05, 0.1) is 6.61 Å². The summed E-state index contributed by atoms with van der Waals surface area (Å²) in [5, 5.41) is 2.67. The zero-order valence-corrected chi connectivity index (χ0v) is 17.6. The normalized spacial score (nSPS) is 12.9. The molecule has 0 radical (unpaired) electrons. The first-order valence-electron chi connectivity index (χ1n) is 9.25. The molecule has 0 unspecified atom stereocenters. The van der Waals surface area contributed by atoms with E-state index < -0.39 is 29.1 Å². The van der Waals surface area contributed by atoms with Crippen LogP contribution in [0.5, 0.6) is 0 Å². The monoisotopic (exact) mass is 372 g/mol. The van der Waals surface area contributed by atoms with Crippen molar-refractivity contribution in [1.82, 2.24) is 10.2 Å². The highest BCUT2D eigenvalue weighted by atomic mass is 16.6. The van der Waals surface area contributed by atoms with E-state index in [9.17, 15) is 14.4 Å². The Morgan fingerprint density at radius 3 is 2.04 bits per heavy atom. The molecule has 7 heteroatoms. The molecular formula is C19H36N2O5. The van der Waals surface area contributed by atoms with Crippen molar-refractivity contribution in [2.75, 3.05) is 19.7 Å². The van der Waals surface area contributed by atoms with Gasteiger partial charge in [0.2, 0.25) is 5.91 Å². The third-order valence-electron chi connectivity index (χ3n) is 3.49. The average molecular weight is 373 g/mol. The lowest BCUT2D eigenvalue weighted by atomic mass is 9.85. The van der Waals surface area contributed by atoms with Crippen molar-refractivity contribution in [3.05, 3.63) is 0 Å². The van der Waals surface area contributed by atoms with E-state index in [4.69, 9.17) is 9.47 Å². The first-order valence-corrected chi connectivity index (χ1v) is 9.25. The number of rotatable bonds is 8. The molecule has 0 aromatic heterocycles. The highest BCUT2D eigenvalue weighted by Gasteiger charge is 2.37. The first kappa shape index (κ1) is 24.2. The van der Waals surface area contributed by atoms with E-state index >= 15 is 0 Å². The van der Waals surface area contributed by atoms with Gasteiger partial charge in [-0.15, -0.1) is 0 Å². The highest BCUT2D eigenvalue weighted by Crippen LogP contribution is 2.22. The smallest absolute Gasteiger partial charge is 0.408 e. The number of carbonyl (C=O) groups is 3. The number of carbonyl (C=O) groups excluding carboxylic acids is 3. The Morgan fingerprint density at radius 1 is 1.04 bits per heavy atom. The number of amides is 2. The number of ether oxygens (including phenoxy) is 2. The van der Waals surface area contributed by atoms with Gasteiger partial charge >= 0.3 is 12.1 Å². The van der Waals surface area contributed by atoms with Gasteiger partial charge in [-0.1, -0.05) is 34.1 Å². The van der Waals surface area contributed by atoms with Crippen LogP contribution in [0, 0.1) is 5.41 Å². The van der Waals surface area contributed by atoms with Crippen LogP contribution in [0.25, 0.3) is 0 Å². The number of unbranched alkanes of at least 4 members (excludes halogenated alkanes) is 1. The highest BCUT2D eigenvalue weighted by molar-refractivity contribution is 5.89. The summed E-state index contributed by atoms with van der Waals surface area (Å²) in [6, 6.07) is -0.816. The Kier molecular flexibility index (Phi) is 9.67. The third-order valence-corrected chi connectivity index (χ3v) is 3.49. The molecule has 2 amide bonds. The number of hydrogen-bond donors (Lipinski definition) is 1. The van der Waals surface area contributed by atoms with Crippen LogP contribution in [0.2, 0.25) is 0 Å². The van der Waals surface area contributed by atoms with Crippen molar-refractivity contribution in [2.45, 2.75) is 79.9 Å². The lowest BCUT2D eigenvalue weighted by Gasteiger charge is -2.35. The SMILES string of the molecule is CCCCN(CC(=O)OCC)C(=O)[C@@H](NC(=O)OC(C)(C)C)C(C)(C)C. The molecule has 0 fully saturated rings. The molecule has 7 nitrogen and oxygen atoms in total. The molecule has 1 atom stereocenters. The lowest BCUT2D eigenvalue weighted by Crippen LogP contribution is -2.56. The van der Waals surface area contributed by atoms with Crippen molar-refractivity contribution >= 4 is 18.0 Å². The van der Waals surface area contributed by atoms with Gasteiger partial charge in [-0.25, -0.2) is 4.79 Å². The summed E-state index contributed by atoms with van der Waals surface area (Å²) in [7, 11) is 0. The minimum absolute atomic E-state index is 0.130. The van der Waals surface area contributed by atoms with E-state index in [1.807, 2.05) is 27.7 Å². The van der Waals surface area contributed by atoms with Crippen LogP contribution in [0.4, 0.5) is 4.79 Å². The van der Waals surface area contributed by atoms with E-state index in [0.29, 0.717) is 6.54 Å². The van der Waals surface area contributed by atoms with Crippen molar-refractivity contribution in [2.24, 2.45) is 5.41 Å². The molecule has 0 aliphatic heterocycles. The molecular weight excluding hydrogens is 336 g/mol. The predicted octanol–water partition coefficient (Wildman–Crippen LogP) is 3.12. The maximum atomic E-state index is 13.1. The van der Waals surface area contributed by atoms with Crippen LogP contribution in [0.15, 0.2) is 0 Å². The molecule has 0 saturated carbocycles. The summed E-state index contributed by atoms with van der Waals surface area (Å²) in [6.07, 6.45) is 0.984. The van der Waals surface area contributed by atoms with Crippen molar-refractivity contribution in [3.8, 4) is 0 Å². The fraction of sp³-hybridized carbons (Fsp3) is 0.842. The Balaban J connectivity index is 5.36. The van der Waals surface area contributed by atoms with Crippen LogP contribution < -0.4 is 5.32 Å². The molecule has 0 rings (SSSR count). The zero-order chi connectivity index (χ0) is 20.5. The second-order valence-corrected chi connectivity index (χ2v) is 8.36. The van der Waals surface area contributed by atoms with Gasteiger partial charge in [0.1, 0.15) is 18.2 Å². The van der Waals surface area contributed by atoms with Crippen molar-refractivity contribution in [1.29, 1.82) is 0 Å². The van der Waals surface area contributed by atoms with Crippen LogP contribution in [-0.4, -0.2) is 54.2 Å². The summed E-state index contributed by atoms with van der Waals surface area (Å²) >= 11 is 0. The van der Waals surface area contributed by atoms with E-state index in [-0.39, 0.29) is 19.1 Å². The standard InChI is InChI=1S/C19H36N2O5/c1-9-11-12-21(13-14(22)25-10-2)16(23)15(18(3,4)5)20-17(24)26-19(6,7)8/h15H,9-13H2,1-8H3,(H,20,24)/t15-/m1/s1. The van der Waals surface area contributed by atoms with Gasteiger partial charge in [0.15, 0.2) is 0 Å². The molecule has 0 aromatic carbocycles. The summed E-state index contributed by atoms with van der Waals surface area (Å²) in [5.41, 5.74) is -1.21. The van der Waals surface area contributed by atoms with Gasteiger partial charge < -0.3 is 19.7 Å². The topological polar surface area (TPSA) is 84.9 Å². The first-order chi connectivity index (χ1) is 11.8. The maximum absolute atomic E-state index is 13.1. The number of alkyl carbamates (subject to hydrolysis) is 1.